The fourth-order valence-electron chi connectivity index (χ4n) is 4.84. The Morgan fingerprint density at radius 2 is 0.767 bits per heavy atom. The third-order valence-electron chi connectivity index (χ3n) is 5.46. The van der Waals surface area contributed by atoms with E-state index in [1.165, 1.54) is 0 Å². The van der Waals surface area contributed by atoms with Crippen LogP contribution in [0.3, 0.4) is 0 Å². The minimum atomic E-state index is -3.50. The topological polar surface area (TPSA) is 98.5 Å². The van der Waals surface area contributed by atoms with Gasteiger partial charge < -0.3 is 30.4 Å². The van der Waals surface area contributed by atoms with E-state index in [1.54, 1.807) is 0 Å². The summed E-state index contributed by atoms with van der Waals surface area (Å²) in [7, 11) is -20.0. The number of carbonyl (C=O) groups is 1. The number of allylic oxidation sites excluding steroid dienone is 1. The second kappa shape index (κ2) is 15.3. The summed E-state index contributed by atoms with van der Waals surface area (Å²) in [5, 5.41) is 0. The third-order valence-corrected chi connectivity index (χ3v) is 30.0. The molecular weight excluding hydrogens is 675 g/mol. The van der Waals surface area contributed by atoms with E-state index in [0.717, 1.165) is 0 Å². The van der Waals surface area contributed by atoms with Crippen LogP contribution >= 0.6 is 0 Å². The van der Waals surface area contributed by atoms with Crippen LogP contribution in [-0.2, 0) is 29.5 Å². The molecule has 0 saturated heterocycles. The predicted octanol–water partition coefficient (Wildman–Crippen LogP) is 8.95. The summed E-state index contributed by atoms with van der Waals surface area (Å²) in [6.07, 6.45) is 3.33. The van der Waals surface area contributed by atoms with Gasteiger partial charge in [0.05, 0.1) is 5.54 Å². The number of nitrogens with two attached hydrogens (primary N) is 1. The molecule has 0 heterocycles. The van der Waals surface area contributed by atoms with E-state index >= 15 is 0 Å². The molecule has 0 fully saturated rings. The van der Waals surface area contributed by atoms with Gasteiger partial charge in [0.15, 0.2) is 49.9 Å². The number of primary amides is 1. The lowest BCUT2D eigenvalue weighted by atomic mass is 10.1. The van der Waals surface area contributed by atoms with Crippen molar-refractivity contribution in [3.63, 3.8) is 0 Å². The standard InChI is InChI=1S/C27H69NO7Si8/c1-21-24(42(30-36(3,4)5,31-37(6,7)8)32-38(9,10)11)23-25(27(28)29)26(22-2)43(33-39(12,13)14,34-40(15,16)17)35-41(18,19)20/h23-24,26H,21-22H2,1-20H3,(H2,28,29). The van der Waals surface area contributed by atoms with Gasteiger partial charge in [-0.25, -0.2) is 0 Å². The molecule has 2 unspecified atom stereocenters. The van der Waals surface area contributed by atoms with Crippen molar-refractivity contribution in [2.24, 2.45) is 5.73 Å². The Kier molecular flexibility index (Phi) is 15.5. The second-order valence-corrected chi connectivity index (χ2v) is 51.6. The lowest BCUT2D eigenvalue weighted by Gasteiger charge is -2.48. The van der Waals surface area contributed by atoms with Crippen LogP contribution in [0.2, 0.25) is 129 Å². The van der Waals surface area contributed by atoms with Gasteiger partial charge in [0.25, 0.3) is 0 Å². The minimum Gasteiger partial charge on any atom is -0.417 e. The first-order chi connectivity index (χ1) is 18.7. The van der Waals surface area contributed by atoms with Crippen LogP contribution in [0.1, 0.15) is 26.7 Å². The summed E-state index contributed by atoms with van der Waals surface area (Å²) in [6, 6.07) is 0. The highest BCUT2D eigenvalue weighted by Crippen LogP contribution is 2.44. The van der Waals surface area contributed by atoms with E-state index in [9.17, 15) is 4.79 Å². The maximum atomic E-state index is 13.6. The van der Waals surface area contributed by atoms with Crippen LogP contribution in [0, 0.1) is 0 Å². The van der Waals surface area contributed by atoms with Crippen LogP contribution in [0.5, 0.6) is 0 Å². The fraction of sp³-hybridized carbons (Fsp3) is 0.889. The van der Waals surface area contributed by atoms with Crippen LogP contribution in [0.25, 0.3) is 0 Å². The van der Waals surface area contributed by atoms with Gasteiger partial charge in [-0.15, -0.1) is 0 Å². The lowest BCUT2D eigenvalue weighted by molar-refractivity contribution is -0.114. The van der Waals surface area contributed by atoms with Crippen LogP contribution in [-0.4, -0.2) is 73.4 Å². The minimum absolute atomic E-state index is 0.258. The molecule has 0 aromatic heterocycles. The first kappa shape index (κ1) is 43.7. The molecule has 0 bridgehead atoms. The molecule has 43 heavy (non-hydrogen) atoms. The molecule has 0 aromatic carbocycles. The molecule has 256 valence electrons. The molecule has 2 N–H and O–H groups in total. The zero-order valence-corrected chi connectivity index (χ0v) is 39.6. The Morgan fingerprint density at radius 3 is 0.953 bits per heavy atom. The van der Waals surface area contributed by atoms with E-state index in [-0.39, 0.29) is 5.54 Å². The quantitative estimate of drug-likeness (QED) is 0.104. The molecule has 2 atom stereocenters. The average Bonchev–Trinajstić information content (AvgIpc) is 2.61. The molecule has 0 spiro atoms. The predicted molar refractivity (Wildman–Crippen MR) is 203 cm³/mol. The maximum absolute atomic E-state index is 13.6. The van der Waals surface area contributed by atoms with Gasteiger partial charge in [0.1, 0.15) is 0 Å². The van der Waals surface area contributed by atoms with Gasteiger partial charge in [-0.3, -0.25) is 4.79 Å². The van der Waals surface area contributed by atoms with Crippen molar-refractivity contribution in [1.29, 1.82) is 0 Å². The average molecular weight is 745 g/mol. The summed E-state index contributed by atoms with van der Waals surface area (Å²) in [5.41, 5.74) is 6.16. The van der Waals surface area contributed by atoms with Gasteiger partial charge in [-0.05, 0) is 131 Å². The first-order valence-corrected chi connectivity index (χ1v) is 40.0. The first-order valence-electron chi connectivity index (χ1n) is 15.9. The van der Waals surface area contributed by atoms with Crippen molar-refractivity contribution >= 4 is 73.4 Å². The van der Waals surface area contributed by atoms with Crippen molar-refractivity contribution in [2.75, 3.05) is 0 Å². The monoisotopic (exact) mass is 743 g/mol. The molecule has 0 aliphatic heterocycles. The van der Waals surface area contributed by atoms with Crippen molar-refractivity contribution in [3.8, 4) is 0 Å². The number of hydrogen-bond acceptors (Lipinski definition) is 7. The van der Waals surface area contributed by atoms with Crippen LogP contribution < -0.4 is 5.73 Å². The smallest absolute Gasteiger partial charge is 0.417 e. The summed E-state index contributed by atoms with van der Waals surface area (Å²) >= 11 is 0. The molecule has 0 aromatic rings. The number of rotatable bonds is 19. The van der Waals surface area contributed by atoms with E-state index in [0.29, 0.717) is 18.4 Å². The molecule has 0 radical (unpaired) electrons. The Hall–Kier alpha value is 0.705. The summed E-state index contributed by atoms with van der Waals surface area (Å²) in [6.45, 7) is 43.3. The highest BCUT2D eigenvalue weighted by molar-refractivity contribution is 6.92. The Labute approximate surface area is 274 Å². The Bertz CT molecular complexity index is 858. The van der Waals surface area contributed by atoms with Crippen molar-refractivity contribution in [1.82, 2.24) is 0 Å². The van der Waals surface area contributed by atoms with Gasteiger partial charge in [0, 0.05) is 11.1 Å². The maximum Gasteiger partial charge on any atom is 0.477 e. The number of hydrogen-bond donors (Lipinski definition) is 1. The molecule has 0 aliphatic rings. The summed E-state index contributed by atoms with van der Waals surface area (Å²) < 4.78 is 42.6. The van der Waals surface area contributed by atoms with E-state index in [2.05, 4.69) is 132 Å². The van der Waals surface area contributed by atoms with E-state index in [1.807, 2.05) is 6.08 Å². The normalized spacial score (nSPS) is 16.8. The van der Waals surface area contributed by atoms with Gasteiger partial charge >= 0.3 is 17.6 Å². The molecule has 16 heteroatoms. The summed E-state index contributed by atoms with van der Waals surface area (Å²) in [5.74, 6) is -0.475. The fourth-order valence-corrected chi connectivity index (χ4v) is 34.1. The van der Waals surface area contributed by atoms with Crippen LogP contribution in [0.15, 0.2) is 11.6 Å². The van der Waals surface area contributed by atoms with E-state index < -0.39 is 79.0 Å². The highest BCUT2D eigenvalue weighted by Gasteiger charge is 2.59. The van der Waals surface area contributed by atoms with Crippen molar-refractivity contribution < 1.29 is 29.5 Å². The lowest BCUT2D eigenvalue weighted by Crippen LogP contribution is -2.64. The largest absolute Gasteiger partial charge is 0.477 e. The zero-order valence-electron chi connectivity index (χ0n) is 31.6. The molecule has 0 rings (SSSR count). The summed E-state index contributed by atoms with van der Waals surface area (Å²) in [4.78, 5) is 13.6. The third kappa shape index (κ3) is 16.9. The molecule has 1 amide bonds. The molecule has 0 aliphatic carbocycles. The number of amides is 1. The Balaban J connectivity index is 7.92. The van der Waals surface area contributed by atoms with Gasteiger partial charge in [-0.2, -0.15) is 0 Å². The second-order valence-electron chi connectivity index (χ2n) is 17.5. The van der Waals surface area contributed by atoms with Crippen LogP contribution in [0.4, 0.5) is 0 Å². The van der Waals surface area contributed by atoms with E-state index in [4.69, 9.17) is 30.4 Å². The number of carbonyl (C=O) groups excluding carboxylic acids is 1. The molecular formula is C27H69NO7Si8. The van der Waals surface area contributed by atoms with Crippen molar-refractivity contribution in [3.05, 3.63) is 11.6 Å². The van der Waals surface area contributed by atoms with Gasteiger partial charge in [0.2, 0.25) is 5.91 Å². The van der Waals surface area contributed by atoms with Gasteiger partial charge in [-0.1, -0.05) is 19.9 Å². The Morgan fingerprint density at radius 1 is 0.512 bits per heavy atom. The highest BCUT2D eigenvalue weighted by atomic mass is 28.5. The zero-order chi connectivity index (χ0) is 34.7. The molecule has 8 nitrogen and oxygen atoms in total. The van der Waals surface area contributed by atoms with Crippen molar-refractivity contribution in [2.45, 2.75) is 156 Å². The SMILES string of the molecule is CCC(C=C(C(N)=O)C(CC)[Si](O[Si](C)(C)C)(O[Si](C)(C)C)O[Si](C)(C)C)[Si](O[Si](C)(C)C)(O[Si](C)(C)C)O[Si](C)(C)C. The molecule has 0 saturated carbocycles.